The van der Waals surface area contributed by atoms with Crippen LogP contribution in [0.3, 0.4) is 0 Å². The normalized spacial score (nSPS) is 14.9. The molecule has 0 spiro atoms. The molecule has 1 aliphatic rings. The molecule has 0 bridgehead atoms. The first-order valence-electron chi connectivity index (χ1n) is 9.75. The van der Waals surface area contributed by atoms with Crippen LogP contribution < -0.4 is 25.0 Å². The summed E-state index contributed by atoms with van der Waals surface area (Å²) in [5.41, 5.74) is 3.36. The van der Waals surface area contributed by atoms with Crippen LogP contribution >= 0.6 is 12.2 Å². The Labute approximate surface area is 173 Å². The average Bonchev–Trinajstić information content (AvgIpc) is 2.74. The first-order valence-corrected chi connectivity index (χ1v) is 10.2. The standard InChI is InChI=1S/C22H29N3O2S/c1-16(17-7-10-19(11-8-17)25-13-5-4-6-14-25)23-22(28)24-18-9-12-20(26-2)21(15-18)27-3/h7-12,15-16H,4-6,13-14H2,1-3H3,(H2,23,24,28). The van der Waals surface area contributed by atoms with E-state index in [1.165, 1.54) is 30.5 Å². The zero-order valence-corrected chi connectivity index (χ0v) is 17.6. The fraction of sp³-hybridized carbons (Fsp3) is 0.409. The van der Waals surface area contributed by atoms with E-state index in [-0.39, 0.29) is 6.04 Å². The van der Waals surface area contributed by atoms with Crippen LogP contribution in [0.1, 0.15) is 37.8 Å². The third-order valence-electron chi connectivity index (χ3n) is 5.10. The van der Waals surface area contributed by atoms with E-state index in [9.17, 15) is 0 Å². The van der Waals surface area contributed by atoms with Crippen LogP contribution in [0.4, 0.5) is 11.4 Å². The van der Waals surface area contributed by atoms with Crippen LogP contribution in [0.15, 0.2) is 42.5 Å². The number of hydrogen-bond acceptors (Lipinski definition) is 4. The largest absolute Gasteiger partial charge is 0.493 e. The van der Waals surface area contributed by atoms with E-state index in [0.29, 0.717) is 16.6 Å². The average molecular weight is 400 g/mol. The van der Waals surface area contributed by atoms with Crippen molar-refractivity contribution in [2.24, 2.45) is 0 Å². The highest BCUT2D eigenvalue weighted by Crippen LogP contribution is 2.29. The highest BCUT2D eigenvalue weighted by molar-refractivity contribution is 7.80. The number of benzene rings is 2. The SMILES string of the molecule is COc1ccc(NC(=S)NC(C)c2ccc(N3CCCCC3)cc2)cc1OC. The fourth-order valence-corrected chi connectivity index (χ4v) is 3.78. The second kappa shape index (κ2) is 9.64. The second-order valence-electron chi connectivity index (χ2n) is 7.03. The molecule has 1 heterocycles. The van der Waals surface area contributed by atoms with Crippen LogP contribution in [-0.4, -0.2) is 32.4 Å². The van der Waals surface area contributed by atoms with Crippen molar-refractivity contribution in [1.29, 1.82) is 0 Å². The molecule has 1 unspecified atom stereocenters. The molecule has 0 radical (unpaired) electrons. The molecule has 1 atom stereocenters. The Hall–Kier alpha value is -2.47. The molecule has 1 aliphatic heterocycles. The van der Waals surface area contributed by atoms with Crippen LogP contribution in [-0.2, 0) is 0 Å². The molecule has 0 aliphatic carbocycles. The Kier molecular flexibility index (Phi) is 6.98. The molecule has 1 saturated heterocycles. The van der Waals surface area contributed by atoms with E-state index in [0.717, 1.165) is 18.8 Å². The predicted molar refractivity (Wildman–Crippen MR) is 120 cm³/mol. The summed E-state index contributed by atoms with van der Waals surface area (Å²) < 4.78 is 10.6. The Morgan fingerprint density at radius 3 is 2.29 bits per heavy atom. The molecule has 5 nitrogen and oxygen atoms in total. The van der Waals surface area contributed by atoms with Gasteiger partial charge >= 0.3 is 0 Å². The monoisotopic (exact) mass is 399 g/mol. The van der Waals surface area contributed by atoms with E-state index in [1.54, 1.807) is 14.2 Å². The summed E-state index contributed by atoms with van der Waals surface area (Å²) in [6.07, 6.45) is 3.92. The zero-order chi connectivity index (χ0) is 19.9. The van der Waals surface area contributed by atoms with Crippen LogP contribution in [0.5, 0.6) is 11.5 Å². The lowest BCUT2D eigenvalue weighted by atomic mass is 10.1. The molecule has 2 aromatic carbocycles. The Balaban J connectivity index is 1.58. The van der Waals surface area contributed by atoms with Crippen molar-refractivity contribution in [2.75, 3.05) is 37.5 Å². The van der Waals surface area contributed by atoms with Crippen LogP contribution in [0.2, 0.25) is 0 Å². The molecule has 3 rings (SSSR count). The van der Waals surface area contributed by atoms with Gasteiger partial charge in [-0.1, -0.05) is 12.1 Å². The highest BCUT2D eigenvalue weighted by Gasteiger charge is 2.13. The van der Waals surface area contributed by atoms with Crippen molar-refractivity contribution in [3.63, 3.8) is 0 Å². The van der Waals surface area contributed by atoms with Gasteiger partial charge in [0, 0.05) is 30.5 Å². The third kappa shape index (κ3) is 5.07. The molecule has 6 heteroatoms. The molecule has 0 aromatic heterocycles. The van der Waals surface area contributed by atoms with Gasteiger partial charge in [0.25, 0.3) is 0 Å². The van der Waals surface area contributed by atoms with Crippen molar-refractivity contribution >= 4 is 28.7 Å². The summed E-state index contributed by atoms with van der Waals surface area (Å²) in [5, 5.41) is 7.12. The Morgan fingerprint density at radius 1 is 0.964 bits per heavy atom. The molecular formula is C22H29N3O2S. The lowest BCUT2D eigenvalue weighted by Gasteiger charge is -2.29. The Morgan fingerprint density at radius 2 is 1.64 bits per heavy atom. The van der Waals surface area contributed by atoms with E-state index in [1.807, 2.05) is 18.2 Å². The van der Waals surface area contributed by atoms with Gasteiger partial charge in [-0.2, -0.15) is 0 Å². The molecular weight excluding hydrogens is 370 g/mol. The van der Waals surface area contributed by atoms with Gasteiger partial charge in [0.2, 0.25) is 0 Å². The maximum absolute atomic E-state index is 5.48. The fourth-order valence-electron chi connectivity index (χ4n) is 3.49. The van der Waals surface area contributed by atoms with E-state index >= 15 is 0 Å². The maximum atomic E-state index is 5.48. The number of methoxy groups -OCH3 is 2. The summed E-state index contributed by atoms with van der Waals surface area (Å²) in [5.74, 6) is 1.35. The van der Waals surface area contributed by atoms with Crippen LogP contribution in [0.25, 0.3) is 0 Å². The minimum absolute atomic E-state index is 0.107. The molecule has 2 aromatic rings. The minimum atomic E-state index is 0.107. The quantitative estimate of drug-likeness (QED) is 0.684. The number of piperidine rings is 1. The maximum Gasteiger partial charge on any atom is 0.171 e. The summed E-state index contributed by atoms with van der Waals surface area (Å²) in [6, 6.07) is 14.5. The predicted octanol–water partition coefficient (Wildman–Crippen LogP) is 4.74. The summed E-state index contributed by atoms with van der Waals surface area (Å²) >= 11 is 5.48. The van der Waals surface area contributed by atoms with Gasteiger partial charge in [0.15, 0.2) is 16.6 Å². The van der Waals surface area contributed by atoms with Gasteiger partial charge in [-0.25, -0.2) is 0 Å². The van der Waals surface area contributed by atoms with Gasteiger partial charge < -0.3 is 25.0 Å². The molecule has 0 amide bonds. The third-order valence-corrected chi connectivity index (χ3v) is 5.32. The molecule has 28 heavy (non-hydrogen) atoms. The first kappa shape index (κ1) is 20.3. The number of ether oxygens (including phenoxy) is 2. The first-order chi connectivity index (χ1) is 13.6. The molecule has 2 N–H and O–H groups in total. The minimum Gasteiger partial charge on any atom is -0.493 e. The van der Waals surface area contributed by atoms with E-state index in [4.69, 9.17) is 21.7 Å². The van der Waals surface area contributed by atoms with Crippen molar-refractivity contribution in [3.8, 4) is 11.5 Å². The van der Waals surface area contributed by atoms with Gasteiger partial charge in [0.1, 0.15) is 0 Å². The molecule has 0 saturated carbocycles. The van der Waals surface area contributed by atoms with Crippen molar-refractivity contribution < 1.29 is 9.47 Å². The van der Waals surface area contributed by atoms with E-state index < -0.39 is 0 Å². The number of thiocarbonyl (C=S) groups is 1. The van der Waals surface area contributed by atoms with Gasteiger partial charge in [0.05, 0.1) is 20.3 Å². The van der Waals surface area contributed by atoms with Gasteiger partial charge in [-0.15, -0.1) is 0 Å². The lowest BCUT2D eigenvalue weighted by Crippen LogP contribution is -2.31. The van der Waals surface area contributed by atoms with E-state index in [2.05, 4.69) is 46.7 Å². The lowest BCUT2D eigenvalue weighted by molar-refractivity contribution is 0.355. The van der Waals surface area contributed by atoms with Crippen molar-refractivity contribution in [1.82, 2.24) is 5.32 Å². The zero-order valence-electron chi connectivity index (χ0n) is 16.8. The smallest absolute Gasteiger partial charge is 0.171 e. The van der Waals surface area contributed by atoms with Crippen molar-refractivity contribution in [2.45, 2.75) is 32.2 Å². The molecule has 1 fully saturated rings. The Bertz CT molecular complexity index is 789. The number of anilines is 2. The highest BCUT2D eigenvalue weighted by atomic mass is 32.1. The summed E-state index contributed by atoms with van der Waals surface area (Å²) in [4.78, 5) is 2.47. The number of hydrogen-bond donors (Lipinski definition) is 2. The topological polar surface area (TPSA) is 45.8 Å². The summed E-state index contributed by atoms with van der Waals surface area (Å²) in [6.45, 7) is 4.43. The number of rotatable bonds is 6. The van der Waals surface area contributed by atoms with Crippen LogP contribution in [0, 0.1) is 0 Å². The molecule has 150 valence electrons. The van der Waals surface area contributed by atoms with Gasteiger partial charge in [-0.05, 0) is 68.2 Å². The number of nitrogens with zero attached hydrogens (tertiary/aromatic N) is 1. The van der Waals surface area contributed by atoms with Gasteiger partial charge in [-0.3, -0.25) is 0 Å². The second-order valence-corrected chi connectivity index (χ2v) is 7.44. The van der Waals surface area contributed by atoms with Crippen molar-refractivity contribution in [3.05, 3.63) is 48.0 Å². The number of nitrogens with one attached hydrogen (secondary N) is 2. The summed E-state index contributed by atoms with van der Waals surface area (Å²) in [7, 11) is 3.24.